The van der Waals surface area contributed by atoms with Gasteiger partial charge in [0.05, 0.1) is 35.0 Å². The molecule has 1 unspecified atom stereocenters. The van der Waals surface area contributed by atoms with Gasteiger partial charge in [-0.3, -0.25) is 4.90 Å². The van der Waals surface area contributed by atoms with E-state index < -0.39 is 0 Å². The summed E-state index contributed by atoms with van der Waals surface area (Å²) in [6, 6.07) is 9.99. The van der Waals surface area contributed by atoms with Crippen LogP contribution >= 0.6 is 0 Å². The smallest absolute Gasteiger partial charge is 0.164 e. The molecule has 0 bridgehead atoms. The van der Waals surface area contributed by atoms with Gasteiger partial charge in [-0.05, 0) is 67.1 Å². The highest BCUT2D eigenvalue weighted by molar-refractivity contribution is 5.48. The summed E-state index contributed by atoms with van der Waals surface area (Å²) in [4.78, 5) is 5.18. The summed E-state index contributed by atoms with van der Waals surface area (Å²) in [6.45, 7) is 7.38. The zero-order chi connectivity index (χ0) is 23.9. The van der Waals surface area contributed by atoms with Crippen molar-refractivity contribution in [1.29, 1.82) is 0 Å². The van der Waals surface area contributed by atoms with Crippen molar-refractivity contribution < 1.29 is 23.7 Å². The number of benzene rings is 2. The lowest BCUT2D eigenvalue weighted by Crippen LogP contribution is -2.35. The number of rotatable bonds is 11. The molecule has 0 spiro atoms. The van der Waals surface area contributed by atoms with Crippen molar-refractivity contribution in [3.8, 4) is 28.7 Å². The van der Waals surface area contributed by atoms with Crippen molar-refractivity contribution in [2.45, 2.75) is 25.8 Å². The second kappa shape index (κ2) is 11.7. The Labute approximate surface area is 203 Å². The van der Waals surface area contributed by atoms with Gasteiger partial charge in [-0.1, -0.05) is 0 Å². The summed E-state index contributed by atoms with van der Waals surface area (Å²) in [7, 11) is 6.69. The van der Waals surface area contributed by atoms with Crippen LogP contribution in [0.25, 0.3) is 0 Å². The fourth-order valence-electron chi connectivity index (χ4n) is 5.11. The lowest BCUT2D eigenvalue weighted by atomic mass is 9.97. The summed E-state index contributed by atoms with van der Waals surface area (Å²) in [5.41, 5.74) is 2.75. The van der Waals surface area contributed by atoms with Crippen molar-refractivity contribution >= 4 is 0 Å². The molecule has 2 aromatic rings. The van der Waals surface area contributed by atoms with Crippen LogP contribution in [0.3, 0.4) is 0 Å². The molecule has 0 N–H and O–H groups in total. The molecular weight excluding hydrogens is 432 g/mol. The quantitative estimate of drug-likeness (QED) is 0.462. The topological polar surface area (TPSA) is 52.6 Å². The highest BCUT2D eigenvalue weighted by Gasteiger charge is 2.26. The van der Waals surface area contributed by atoms with E-state index in [9.17, 15) is 0 Å². The van der Waals surface area contributed by atoms with Gasteiger partial charge in [0, 0.05) is 38.8 Å². The zero-order valence-corrected chi connectivity index (χ0v) is 21.0. The molecule has 2 aromatic carbocycles. The Hall–Kier alpha value is -2.64. The summed E-state index contributed by atoms with van der Waals surface area (Å²) in [5, 5.41) is 0. The number of nitrogens with zero attached hydrogens (tertiary/aromatic N) is 2. The molecule has 2 aliphatic rings. The Morgan fingerprint density at radius 2 is 1.50 bits per heavy atom. The van der Waals surface area contributed by atoms with Crippen LogP contribution in [0.1, 0.15) is 24.0 Å². The lowest BCUT2D eigenvalue weighted by molar-refractivity contribution is 0.206. The third-order valence-corrected chi connectivity index (χ3v) is 6.93. The molecule has 186 valence electrons. The summed E-state index contributed by atoms with van der Waals surface area (Å²) in [5.74, 6) is 4.61. The molecule has 0 saturated carbocycles. The molecule has 7 nitrogen and oxygen atoms in total. The first-order valence-electron chi connectivity index (χ1n) is 12.2. The molecule has 2 aliphatic heterocycles. The van der Waals surface area contributed by atoms with E-state index in [1.165, 1.54) is 30.6 Å². The zero-order valence-electron chi connectivity index (χ0n) is 21.0. The van der Waals surface area contributed by atoms with E-state index in [1.54, 1.807) is 28.4 Å². The minimum atomic E-state index is 0.695. The van der Waals surface area contributed by atoms with Gasteiger partial charge < -0.3 is 28.6 Å². The van der Waals surface area contributed by atoms with Crippen LogP contribution in [0, 0.1) is 5.92 Å². The molecule has 7 heteroatoms. The fraction of sp³-hybridized carbons (Fsp3) is 0.556. The monoisotopic (exact) mass is 470 g/mol. The van der Waals surface area contributed by atoms with E-state index in [0.29, 0.717) is 18.1 Å². The van der Waals surface area contributed by atoms with Crippen LogP contribution in [-0.2, 0) is 13.0 Å². The van der Waals surface area contributed by atoms with E-state index in [1.807, 2.05) is 18.2 Å². The summed E-state index contributed by atoms with van der Waals surface area (Å²) >= 11 is 0. The van der Waals surface area contributed by atoms with Gasteiger partial charge in [-0.15, -0.1) is 0 Å². The highest BCUT2D eigenvalue weighted by Crippen LogP contribution is 2.34. The largest absolute Gasteiger partial charge is 0.493 e. The Bertz CT molecular complexity index is 951. The third-order valence-electron chi connectivity index (χ3n) is 6.93. The van der Waals surface area contributed by atoms with Crippen LogP contribution in [0.5, 0.6) is 28.7 Å². The molecule has 0 radical (unpaired) electrons. The highest BCUT2D eigenvalue weighted by atomic mass is 16.5. The number of hydrogen-bond acceptors (Lipinski definition) is 7. The van der Waals surface area contributed by atoms with Crippen molar-refractivity contribution in [3.05, 3.63) is 41.5 Å². The van der Waals surface area contributed by atoms with Crippen molar-refractivity contribution in [2.75, 3.05) is 67.8 Å². The van der Waals surface area contributed by atoms with Crippen LogP contribution < -0.4 is 23.7 Å². The molecule has 1 fully saturated rings. The number of ether oxygens (including phenoxy) is 5. The molecule has 0 aromatic heterocycles. The number of hydrogen-bond donors (Lipinski definition) is 0. The molecule has 0 amide bonds. The minimum absolute atomic E-state index is 0.695. The molecule has 34 heavy (non-hydrogen) atoms. The van der Waals surface area contributed by atoms with Gasteiger partial charge in [0.1, 0.15) is 5.75 Å². The number of likely N-dealkylation sites (tertiary alicyclic amines) is 1. The lowest BCUT2D eigenvalue weighted by Gasteiger charge is -2.31. The van der Waals surface area contributed by atoms with E-state index in [0.717, 1.165) is 62.2 Å². The summed E-state index contributed by atoms with van der Waals surface area (Å²) < 4.78 is 27.6. The maximum absolute atomic E-state index is 5.94. The molecule has 1 atom stereocenters. The Morgan fingerprint density at radius 3 is 2.24 bits per heavy atom. The fourth-order valence-corrected chi connectivity index (χ4v) is 5.11. The summed E-state index contributed by atoms with van der Waals surface area (Å²) in [6.07, 6.45) is 3.35. The number of fused-ring (bicyclic) bond motifs is 1. The van der Waals surface area contributed by atoms with Gasteiger partial charge >= 0.3 is 0 Å². The molecule has 1 saturated heterocycles. The second-order valence-corrected chi connectivity index (χ2v) is 9.14. The van der Waals surface area contributed by atoms with Gasteiger partial charge in [0.2, 0.25) is 0 Å². The van der Waals surface area contributed by atoms with E-state index in [2.05, 4.69) is 21.9 Å². The first-order chi connectivity index (χ1) is 16.6. The first-order valence-corrected chi connectivity index (χ1v) is 12.2. The van der Waals surface area contributed by atoms with Gasteiger partial charge in [0.25, 0.3) is 0 Å². The Morgan fingerprint density at radius 1 is 0.794 bits per heavy atom. The van der Waals surface area contributed by atoms with Crippen molar-refractivity contribution in [2.24, 2.45) is 5.92 Å². The SMILES string of the molecule is COc1ccc(OCCCN2CCC(CN3CCc4cc(OC)c(OC)cc4C3)C2)cc1OC. The van der Waals surface area contributed by atoms with E-state index >= 15 is 0 Å². The first kappa shape index (κ1) is 24.5. The minimum Gasteiger partial charge on any atom is -0.493 e. The van der Waals surface area contributed by atoms with Crippen LogP contribution in [0.2, 0.25) is 0 Å². The third kappa shape index (κ3) is 5.88. The Kier molecular flexibility index (Phi) is 8.40. The Balaban J connectivity index is 1.19. The van der Waals surface area contributed by atoms with Crippen LogP contribution in [-0.4, -0.2) is 77.6 Å². The normalized spacial score (nSPS) is 18.4. The van der Waals surface area contributed by atoms with Gasteiger partial charge in [-0.25, -0.2) is 0 Å². The predicted molar refractivity (Wildman–Crippen MR) is 133 cm³/mol. The van der Waals surface area contributed by atoms with Crippen molar-refractivity contribution in [1.82, 2.24) is 9.80 Å². The molecule has 2 heterocycles. The van der Waals surface area contributed by atoms with Crippen molar-refractivity contribution in [3.63, 3.8) is 0 Å². The van der Waals surface area contributed by atoms with Gasteiger partial charge in [-0.2, -0.15) is 0 Å². The molecular formula is C27H38N2O5. The second-order valence-electron chi connectivity index (χ2n) is 9.14. The maximum Gasteiger partial charge on any atom is 0.164 e. The number of methoxy groups -OCH3 is 4. The van der Waals surface area contributed by atoms with E-state index in [-0.39, 0.29) is 0 Å². The van der Waals surface area contributed by atoms with Crippen LogP contribution in [0.15, 0.2) is 30.3 Å². The maximum atomic E-state index is 5.94. The van der Waals surface area contributed by atoms with E-state index in [4.69, 9.17) is 23.7 Å². The van der Waals surface area contributed by atoms with Crippen LogP contribution in [0.4, 0.5) is 0 Å². The van der Waals surface area contributed by atoms with Gasteiger partial charge in [0.15, 0.2) is 23.0 Å². The average Bonchev–Trinajstić information content (AvgIpc) is 3.32. The molecule has 4 rings (SSSR count). The predicted octanol–water partition coefficient (Wildman–Crippen LogP) is 3.87. The standard InChI is InChI=1S/C27H38N2O5/c1-30-24-7-6-23(16-27(24)33-4)34-13-5-10-28-11-8-20(17-28)18-29-12-9-21-14-25(31-2)26(32-3)15-22(21)19-29/h6-7,14-16,20H,5,8-13,17-19H2,1-4H3. The molecule has 0 aliphatic carbocycles. The average molecular weight is 471 g/mol.